The highest BCUT2D eigenvalue weighted by Crippen LogP contribution is 2.26. The molecule has 1 saturated heterocycles. The largest absolute Gasteiger partial charge is 0.497 e. The Morgan fingerprint density at radius 2 is 1.88 bits per heavy atom. The standard InChI is InChI=1S/C22H26Cl2N2O5S/c1-30-19-6-8-20(9-7-19)31-12-10-25-22(27)16-3-2-11-26(14-16)32(28,29)15-17-4-5-18(23)13-21(17)24/h4-9,13,16H,2-3,10-12,14-15H2,1H3,(H,25,27)/t16-/m0/s1. The van der Waals surface area contributed by atoms with E-state index in [9.17, 15) is 13.2 Å². The summed E-state index contributed by atoms with van der Waals surface area (Å²) in [6, 6.07) is 11.9. The second-order valence-corrected chi connectivity index (χ2v) is 10.3. The summed E-state index contributed by atoms with van der Waals surface area (Å²) in [5, 5.41) is 3.59. The molecule has 0 unspecified atom stereocenters. The van der Waals surface area contributed by atoms with Crippen LogP contribution >= 0.6 is 23.2 Å². The van der Waals surface area contributed by atoms with Crippen molar-refractivity contribution >= 4 is 39.1 Å². The van der Waals surface area contributed by atoms with Crippen molar-refractivity contribution < 1.29 is 22.7 Å². The molecule has 2 aromatic rings. The van der Waals surface area contributed by atoms with Crippen molar-refractivity contribution in [1.29, 1.82) is 0 Å². The highest BCUT2D eigenvalue weighted by atomic mass is 35.5. The van der Waals surface area contributed by atoms with Crippen LogP contribution in [0.25, 0.3) is 0 Å². The minimum Gasteiger partial charge on any atom is -0.497 e. The molecule has 0 saturated carbocycles. The average Bonchev–Trinajstić information content (AvgIpc) is 2.79. The molecular formula is C22H26Cl2N2O5S. The molecule has 0 radical (unpaired) electrons. The Balaban J connectivity index is 1.49. The SMILES string of the molecule is COc1ccc(OCCNC(=O)[C@H]2CCCN(S(=O)(=O)Cc3ccc(Cl)cc3Cl)C2)cc1. The van der Waals surface area contributed by atoms with Crippen LogP contribution in [0, 0.1) is 5.92 Å². The van der Waals surface area contributed by atoms with E-state index in [4.69, 9.17) is 32.7 Å². The summed E-state index contributed by atoms with van der Waals surface area (Å²) < 4.78 is 37.9. The van der Waals surface area contributed by atoms with Crippen LogP contribution in [-0.4, -0.2) is 52.0 Å². The summed E-state index contributed by atoms with van der Waals surface area (Å²) in [4.78, 5) is 12.6. The normalized spacial score (nSPS) is 17.0. The van der Waals surface area contributed by atoms with Gasteiger partial charge in [-0.2, -0.15) is 0 Å². The zero-order valence-electron chi connectivity index (χ0n) is 17.7. The number of rotatable bonds is 9. The average molecular weight is 501 g/mol. The van der Waals surface area contributed by atoms with E-state index in [1.165, 1.54) is 10.4 Å². The molecule has 1 aliphatic heterocycles. The van der Waals surface area contributed by atoms with Gasteiger partial charge in [-0.15, -0.1) is 0 Å². The van der Waals surface area contributed by atoms with Gasteiger partial charge in [0.15, 0.2) is 0 Å². The smallest absolute Gasteiger partial charge is 0.224 e. The second kappa shape index (κ2) is 11.2. The number of methoxy groups -OCH3 is 1. The third-order valence-corrected chi connectivity index (χ3v) is 7.61. The second-order valence-electron chi connectivity index (χ2n) is 7.50. The van der Waals surface area contributed by atoms with Crippen LogP contribution in [0.4, 0.5) is 0 Å². The first kappa shape index (κ1) is 24.6. The highest BCUT2D eigenvalue weighted by Gasteiger charge is 2.32. The number of amides is 1. The van der Waals surface area contributed by atoms with Crippen LogP contribution in [-0.2, 0) is 20.6 Å². The Kier molecular flexibility index (Phi) is 8.64. The highest BCUT2D eigenvalue weighted by molar-refractivity contribution is 7.88. The van der Waals surface area contributed by atoms with Crippen LogP contribution in [0.5, 0.6) is 11.5 Å². The lowest BCUT2D eigenvalue weighted by Gasteiger charge is -2.31. The van der Waals surface area contributed by atoms with Crippen LogP contribution in [0.15, 0.2) is 42.5 Å². The van der Waals surface area contributed by atoms with Gasteiger partial charge in [0.1, 0.15) is 18.1 Å². The lowest BCUT2D eigenvalue weighted by atomic mass is 9.99. The number of hydrogen-bond acceptors (Lipinski definition) is 5. The number of carbonyl (C=O) groups is 1. The molecule has 10 heteroatoms. The van der Waals surface area contributed by atoms with Gasteiger partial charge in [-0.3, -0.25) is 4.79 Å². The Hall–Kier alpha value is -2.00. The quantitative estimate of drug-likeness (QED) is 0.530. The van der Waals surface area contributed by atoms with Gasteiger partial charge in [0.05, 0.1) is 25.3 Å². The molecule has 0 aromatic heterocycles. The third-order valence-electron chi connectivity index (χ3n) is 5.23. The molecule has 0 bridgehead atoms. The number of halogens is 2. The van der Waals surface area contributed by atoms with Crippen molar-refractivity contribution in [2.75, 3.05) is 33.4 Å². The summed E-state index contributed by atoms with van der Waals surface area (Å²) in [6.45, 7) is 1.17. The van der Waals surface area contributed by atoms with Gasteiger partial charge in [0.2, 0.25) is 15.9 Å². The summed E-state index contributed by atoms with van der Waals surface area (Å²) in [6.07, 6.45) is 1.26. The van der Waals surface area contributed by atoms with E-state index in [0.29, 0.717) is 53.9 Å². The van der Waals surface area contributed by atoms with E-state index >= 15 is 0 Å². The fourth-order valence-corrected chi connectivity index (χ4v) is 5.69. The molecular weight excluding hydrogens is 475 g/mol. The van der Waals surface area contributed by atoms with Crippen molar-refractivity contribution in [3.05, 3.63) is 58.1 Å². The summed E-state index contributed by atoms with van der Waals surface area (Å²) >= 11 is 12.0. The van der Waals surface area contributed by atoms with E-state index in [0.717, 1.165) is 5.75 Å². The van der Waals surface area contributed by atoms with E-state index in [2.05, 4.69) is 5.32 Å². The number of sulfonamides is 1. The fraction of sp³-hybridized carbons (Fsp3) is 0.409. The Morgan fingerprint density at radius 1 is 1.16 bits per heavy atom. The molecule has 1 atom stereocenters. The van der Waals surface area contributed by atoms with E-state index in [1.54, 1.807) is 43.5 Å². The monoisotopic (exact) mass is 500 g/mol. The molecule has 0 aliphatic carbocycles. The minimum absolute atomic E-state index is 0.152. The third kappa shape index (κ3) is 6.75. The summed E-state index contributed by atoms with van der Waals surface area (Å²) in [7, 11) is -2.02. The molecule has 32 heavy (non-hydrogen) atoms. The van der Waals surface area contributed by atoms with Gasteiger partial charge in [-0.1, -0.05) is 29.3 Å². The van der Waals surface area contributed by atoms with Gasteiger partial charge in [-0.05, 0) is 54.8 Å². The summed E-state index contributed by atoms with van der Waals surface area (Å²) in [5.41, 5.74) is 0.485. The van der Waals surface area contributed by atoms with Crippen molar-refractivity contribution in [2.45, 2.75) is 18.6 Å². The maximum absolute atomic E-state index is 12.9. The number of benzene rings is 2. The van der Waals surface area contributed by atoms with E-state index in [1.807, 2.05) is 0 Å². The lowest BCUT2D eigenvalue weighted by Crippen LogP contribution is -2.46. The minimum atomic E-state index is -3.61. The Morgan fingerprint density at radius 3 is 2.56 bits per heavy atom. The molecule has 1 amide bonds. The zero-order chi connectivity index (χ0) is 23.1. The summed E-state index contributed by atoms with van der Waals surface area (Å²) in [5.74, 6) is 0.608. The van der Waals surface area contributed by atoms with Crippen LogP contribution in [0.2, 0.25) is 10.0 Å². The maximum Gasteiger partial charge on any atom is 0.224 e. The molecule has 0 spiro atoms. The van der Waals surface area contributed by atoms with Crippen molar-refractivity contribution in [1.82, 2.24) is 9.62 Å². The first-order chi connectivity index (χ1) is 15.3. The van der Waals surface area contributed by atoms with Crippen molar-refractivity contribution in [3.63, 3.8) is 0 Å². The Labute approximate surface area is 198 Å². The molecule has 2 aromatic carbocycles. The fourth-order valence-electron chi connectivity index (χ4n) is 3.50. The van der Waals surface area contributed by atoms with Gasteiger partial charge >= 0.3 is 0 Å². The number of piperidine rings is 1. The van der Waals surface area contributed by atoms with Crippen molar-refractivity contribution in [3.8, 4) is 11.5 Å². The molecule has 7 nitrogen and oxygen atoms in total. The number of nitrogens with zero attached hydrogens (tertiary/aromatic N) is 1. The predicted octanol–water partition coefficient (Wildman–Crippen LogP) is 3.74. The topological polar surface area (TPSA) is 84.9 Å². The molecule has 3 rings (SSSR count). The zero-order valence-corrected chi connectivity index (χ0v) is 20.0. The van der Waals surface area contributed by atoms with E-state index in [-0.39, 0.29) is 18.2 Å². The number of carbonyl (C=O) groups excluding carboxylic acids is 1. The number of ether oxygens (including phenoxy) is 2. The van der Waals surface area contributed by atoms with Crippen LogP contribution < -0.4 is 14.8 Å². The molecule has 1 aliphatic rings. The lowest BCUT2D eigenvalue weighted by molar-refractivity contribution is -0.126. The van der Waals surface area contributed by atoms with E-state index < -0.39 is 15.9 Å². The Bertz CT molecular complexity index is 1030. The van der Waals surface area contributed by atoms with Gasteiger partial charge in [-0.25, -0.2) is 12.7 Å². The maximum atomic E-state index is 12.9. The van der Waals surface area contributed by atoms with Crippen molar-refractivity contribution in [2.24, 2.45) is 5.92 Å². The number of nitrogens with one attached hydrogen (secondary N) is 1. The van der Waals surface area contributed by atoms with Gasteiger partial charge in [0.25, 0.3) is 0 Å². The first-order valence-electron chi connectivity index (χ1n) is 10.2. The molecule has 1 N–H and O–H groups in total. The molecule has 1 fully saturated rings. The molecule has 174 valence electrons. The van der Waals surface area contributed by atoms with Crippen LogP contribution in [0.3, 0.4) is 0 Å². The predicted molar refractivity (Wildman–Crippen MR) is 125 cm³/mol. The number of hydrogen-bond donors (Lipinski definition) is 1. The molecule has 1 heterocycles. The van der Waals surface area contributed by atoms with Crippen LogP contribution in [0.1, 0.15) is 18.4 Å². The first-order valence-corrected chi connectivity index (χ1v) is 12.6. The van der Waals surface area contributed by atoms with Gasteiger partial charge < -0.3 is 14.8 Å². The van der Waals surface area contributed by atoms with Gasteiger partial charge in [0, 0.05) is 23.1 Å².